The Labute approximate surface area is 266 Å². The van der Waals surface area contributed by atoms with Crippen LogP contribution in [-0.2, 0) is 29.1 Å². The normalized spacial score (nSPS) is 18.3. The molecule has 0 radical (unpaired) electrons. The molecule has 1 aromatic heterocycles. The Kier molecular flexibility index (Phi) is 7.79. The van der Waals surface area contributed by atoms with Crippen LogP contribution < -0.4 is 10.1 Å². The van der Waals surface area contributed by atoms with Crippen molar-refractivity contribution in [2.45, 2.75) is 31.7 Å². The van der Waals surface area contributed by atoms with Crippen molar-refractivity contribution in [2.24, 2.45) is 0 Å². The molecular weight excluding hydrogens is 582 g/mol. The number of hydrazine groups is 1. The largest absolute Gasteiger partial charge is 0.497 e. The summed E-state index contributed by atoms with van der Waals surface area (Å²) in [7, 11) is 3.27. The van der Waals surface area contributed by atoms with Gasteiger partial charge in [-0.05, 0) is 57.8 Å². The van der Waals surface area contributed by atoms with E-state index >= 15 is 0 Å². The molecule has 2 aliphatic rings. The van der Waals surface area contributed by atoms with Gasteiger partial charge in [0.15, 0.2) is 0 Å². The summed E-state index contributed by atoms with van der Waals surface area (Å²) in [4.78, 5) is 44.9. The zero-order valence-corrected chi connectivity index (χ0v) is 25.8. The smallest absolute Gasteiger partial charge is 0.332 e. The van der Waals surface area contributed by atoms with E-state index in [9.17, 15) is 14.4 Å². The Balaban J connectivity index is 1.16. The van der Waals surface area contributed by atoms with Crippen molar-refractivity contribution in [3.8, 4) is 5.75 Å². The summed E-state index contributed by atoms with van der Waals surface area (Å²) < 4.78 is 10.7. The molecule has 4 amide bonds. The maximum absolute atomic E-state index is 14.3. The molecule has 2 fully saturated rings. The average Bonchev–Trinajstić information content (AvgIpc) is 3.69. The highest BCUT2D eigenvalue weighted by Gasteiger charge is 2.51. The van der Waals surface area contributed by atoms with Crippen molar-refractivity contribution in [3.63, 3.8) is 0 Å². The predicted molar refractivity (Wildman–Crippen MR) is 173 cm³/mol. The topological polar surface area (TPSA) is 98.6 Å². The van der Waals surface area contributed by atoms with Crippen molar-refractivity contribution in [3.05, 3.63) is 114 Å². The number of carbonyl (C=O) groups excluding carboxylic acids is 3. The van der Waals surface area contributed by atoms with Crippen LogP contribution in [0.1, 0.15) is 16.7 Å². The minimum absolute atomic E-state index is 0.0101. The third-order valence-electron chi connectivity index (χ3n) is 9.04. The fraction of sp³-hybridized carbons (Fsp3) is 0.250. The van der Waals surface area contributed by atoms with Gasteiger partial charge in [-0.25, -0.2) is 4.79 Å². The third kappa shape index (κ3) is 5.52. The summed E-state index contributed by atoms with van der Waals surface area (Å²) in [6.07, 6.45) is 1.47. The molecule has 10 nitrogen and oxygen atoms in total. The highest BCUT2D eigenvalue weighted by atomic mass is 16.5. The molecule has 4 aromatic carbocycles. The lowest BCUT2D eigenvalue weighted by atomic mass is 9.98. The van der Waals surface area contributed by atoms with Gasteiger partial charge in [-0.1, -0.05) is 60.7 Å². The average molecular weight is 618 g/mol. The Bertz CT molecular complexity index is 1920. The molecule has 2 saturated heterocycles. The first-order chi connectivity index (χ1) is 22.4. The standard InChI is InChI=1S/C36H35N5O5/c1-38(36(44)37-20-24-10-13-29(45-2)14-11-24)40-23-34(42)41-31(19-25-12-15-32-27(18-25)16-17-46-32)35(43)39(22-33(40)41)21-28-8-5-7-26-6-3-4-9-30(26)28/h3-18,31,33H,19-23H2,1-2H3,(H,37,44)/t31-,33+/m0/s1. The molecule has 234 valence electrons. The van der Waals surface area contributed by atoms with Crippen LogP contribution in [0.2, 0.25) is 0 Å². The van der Waals surface area contributed by atoms with Gasteiger partial charge in [-0.2, -0.15) is 5.01 Å². The third-order valence-corrected chi connectivity index (χ3v) is 9.04. The monoisotopic (exact) mass is 617 g/mol. The van der Waals surface area contributed by atoms with E-state index in [-0.39, 0.29) is 30.9 Å². The van der Waals surface area contributed by atoms with Crippen LogP contribution >= 0.6 is 0 Å². The number of nitrogens with one attached hydrogen (secondary N) is 1. The van der Waals surface area contributed by atoms with Gasteiger partial charge in [-0.15, -0.1) is 0 Å². The van der Waals surface area contributed by atoms with Crippen LogP contribution in [-0.4, -0.2) is 77.1 Å². The Morgan fingerprint density at radius 1 is 0.957 bits per heavy atom. The zero-order valence-electron chi connectivity index (χ0n) is 25.8. The molecule has 0 aliphatic carbocycles. The van der Waals surface area contributed by atoms with Crippen molar-refractivity contribution in [1.29, 1.82) is 0 Å². The number of furan rings is 1. The molecule has 5 aromatic rings. The Morgan fingerprint density at radius 2 is 1.74 bits per heavy atom. The number of hydrogen-bond donors (Lipinski definition) is 1. The van der Waals surface area contributed by atoms with Crippen molar-refractivity contribution < 1.29 is 23.5 Å². The molecule has 10 heteroatoms. The van der Waals surface area contributed by atoms with Crippen LogP contribution in [0.4, 0.5) is 4.79 Å². The van der Waals surface area contributed by atoms with Gasteiger partial charge in [0, 0.05) is 31.9 Å². The van der Waals surface area contributed by atoms with E-state index in [1.54, 1.807) is 30.3 Å². The number of nitrogens with zero attached hydrogens (tertiary/aromatic N) is 4. The zero-order chi connectivity index (χ0) is 31.8. The van der Waals surface area contributed by atoms with Gasteiger partial charge in [0.1, 0.15) is 23.5 Å². The van der Waals surface area contributed by atoms with E-state index in [1.165, 1.54) is 5.01 Å². The summed E-state index contributed by atoms with van der Waals surface area (Å²) in [5, 5.41) is 9.30. The summed E-state index contributed by atoms with van der Waals surface area (Å²) in [6, 6.07) is 28.3. The first kappa shape index (κ1) is 29.4. The van der Waals surface area contributed by atoms with E-state index < -0.39 is 12.2 Å². The van der Waals surface area contributed by atoms with E-state index in [0.29, 0.717) is 19.5 Å². The van der Waals surface area contributed by atoms with E-state index in [0.717, 1.165) is 44.2 Å². The number of fused-ring (bicyclic) bond motifs is 3. The number of amides is 4. The second-order valence-electron chi connectivity index (χ2n) is 11.8. The molecule has 0 unspecified atom stereocenters. The summed E-state index contributed by atoms with van der Waals surface area (Å²) in [5.74, 6) is 0.438. The number of benzene rings is 4. The molecule has 3 heterocycles. The van der Waals surface area contributed by atoms with Crippen LogP contribution in [0.3, 0.4) is 0 Å². The summed E-state index contributed by atoms with van der Waals surface area (Å²) in [6.45, 7) is 0.955. The lowest BCUT2D eigenvalue weighted by molar-refractivity contribution is -0.157. The number of ether oxygens (including phenoxy) is 1. The number of hydrogen-bond acceptors (Lipinski definition) is 6. The van der Waals surface area contributed by atoms with Gasteiger partial charge in [0.05, 0.1) is 26.5 Å². The second kappa shape index (κ2) is 12.2. The molecule has 0 saturated carbocycles. The predicted octanol–water partition coefficient (Wildman–Crippen LogP) is 4.78. The molecule has 0 spiro atoms. The number of methoxy groups -OCH3 is 1. The minimum atomic E-state index is -0.730. The summed E-state index contributed by atoms with van der Waals surface area (Å²) in [5.41, 5.74) is 3.63. The maximum Gasteiger partial charge on any atom is 0.332 e. The number of rotatable bonds is 8. The molecule has 7 rings (SSSR count). The lowest BCUT2D eigenvalue weighted by Crippen LogP contribution is -2.65. The van der Waals surface area contributed by atoms with E-state index in [1.807, 2.05) is 77.7 Å². The number of urea groups is 1. The highest BCUT2D eigenvalue weighted by molar-refractivity contribution is 5.92. The van der Waals surface area contributed by atoms with E-state index in [2.05, 4.69) is 23.5 Å². The van der Waals surface area contributed by atoms with Gasteiger partial charge in [0.2, 0.25) is 11.8 Å². The van der Waals surface area contributed by atoms with Gasteiger partial charge in [-0.3, -0.25) is 14.6 Å². The van der Waals surface area contributed by atoms with Crippen LogP contribution in [0.25, 0.3) is 21.7 Å². The van der Waals surface area contributed by atoms with Gasteiger partial charge >= 0.3 is 6.03 Å². The van der Waals surface area contributed by atoms with Gasteiger partial charge < -0.3 is 24.3 Å². The first-order valence-corrected chi connectivity index (χ1v) is 15.3. The van der Waals surface area contributed by atoms with Crippen molar-refractivity contribution in [1.82, 2.24) is 25.1 Å². The first-order valence-electron chi connectivity index (χ1n) is 15.3. The van der Waals surface area contributed by atoms with Crippen molar-refractivity contribution >= 4 is 39.6 Å². The Hall–Kier alpha value is -5.35. The summed E-state index contributed by atoms with van der Waals surface area (Å²) >= 11 is 0. The van der Waals surface area contributed by atoms with Gasteiger partial charge in [0.25, 0.3) is 0 Å². The number of carbonyl (C=O) groups is 3. The fourth-order valence-corrected chi connectivity index (χ4v) is 6.60. The molecule has 46 heavy (non-hydrogen) atoms. The second-order valence-corrected chi connectivity index (χ2v) is 11.8. The van der Waals surface area contributed by atoms with E-state index in [4.69, 9.17) is 9.15 Å². The minimum Gasteiger partial charge on any atom is -0.497 e. The van der Waals surface area contributed by atoms with Crippen LogP contribution in [0, 0.1) is 0 Å². The Morgan fingerprint density at radius 3 is 2.57 bits per heavy atom. The quantitative estimate of drug-likeness (QED) is 0.269. The van der Waals surface area contributed by atoms with Crippen LogP contribution in [0.15, 0.2) is 102 Å². The van der Waals surface area contributed by atoms with Crippen LogP contribution in [0.5, 0.6) is 5.75 Å². The lowest BCUT2D eigenvalue weighted by Gasteiger charge is -2.46. The maximum atomic E-state index is 14.3. The van der Waals surface area contributed by atoms with Crippen molar-refractivity contribution in [2.75, 3.05) is 27.2 Å². The number of piperazine rings is 1. The molecule has 1 N–H and O–H groups in total. The molecule has 2 aliphatic heterocycles. The molecular formula is C36H35N5O5. The molecule has 2 atom stereocenters. The highest BCUT2D eigenvalue weighted by Crippen LogP contribution is 2.31. The fourth-order valence-electron chi connectivity index (χ4n) is 6.60. The molecule has 0 bridgehead atoms. The SMILES string of the molecule is COc1ccc(CNC(=O)N(C)N2CC(=O)N3[C@@H](Cc4ccc5occc5c4)C(=O)N(Cc4cccc5ccccc45)C[C@@H]32)cc1.